The van der Waals surface area contributed by atoms with E-state index in [2.05, 4.69) is 126 Å². The number of carbonyl (C=O) groups is 1. The lowest BCUT2D eigenvalue weighted by atomic mass is 9.70. The van der Waals surface area contributed by atoms with Crippen molar-refractivity contribution >= 4 is 32.7 Å². The first kappa shape index (κ1) is 42.4. The smallest absolute Gasteiger partial charge is 0.319 e. The molecule has 2 aromatic carbocycles. The first-order valence-corrected chi connectivity index (χ1v) is 23.8. The molecule has 0 radical (unpaired) electrons. The highest BCUT2D eigenvalue weighted by Crippen LogP contribution is 2.44. The number of methoxy groups -OCH3 is 1. The second-order valence-corrected chi connectivity index (χ2v) is 25.8. The van der Waals surface area contributed by atoms with Crippen molar-refractivity contribution in [2.24, 2.45) is 11.3 Å². The van der Waals surface area contributed by atoms with Crippen molar-refractivity contribution in [3.8, 4) is 11.8 Å². The van der Waals surface area contributed by atoms with E-state index in [-0.39, 0.29) is 43.2 Å². The van der Waals surface area contributed by atoms with Gasteiger partial charge >= 0.3 is 5.97 Å². The molecule has 0 spiro atoms. The Hall–Kier alpha value is -2.98. The molecule has 0 heterocycles. The van der Waals surface area contributed by atoms with Gasteiger partial charge in [0.2, 0.25) is 0 Å². The maximum absolute atomic E-state index is 12.9. The first-order valence-electron chi connectivity index (χ1n) is 18.2. The molecule has 0 amide bonds. The minimum absolute atomic E-state index is 0.0299. The van der Waals surface area contributed by atoms with Crippen molar-refractivity contribution in [1.29, 1.82) is 0 Å². The molecule has 2 aromatic rings. The Labute approximate surface area is 310 Å². The molecule has 0 aliphatic heterocycles. The third kappa shape index (κ3) is 12.0. The topological polar surface area (TPSA) is 72.5 Å². The van der Waals surface area contributed by atoms with Gasteiger partial charge in [0.25, 0.3) is 8.32 Å². The first-order chi connectivity index (χ1) is 24.1. The molecule has 9 heteroatoms. The second kappa shape index (κ2) is 19.7. The summed E-state index contributed by atoms with van der Waals surface area (Å²) in [5.74, 6) is 6.37. The van der Waals surface area contributed by atoms with Crippen LogP contribution in [0.3, 0.4) is 0 Å². The highest BCUT2D eigenvalue weighted by atomic mass is 28.4. The molecule has 0 saturated carbocycles. The summed E-state index contributed by atoms with van der Waals surface area (Å²) in [6.45, 7) is 21.5. The zero-order chi connectivity index (χ0) is 37.5. The van der Waals surface area contributed by atoms with Gasteiger partial charge in [-0.1, -0.05) is 126 Å². The SMILES string of the molecule is COC(=O)[C@]1(C)C(OCOCC#CCC/C=C(\C)CO[Si](c2ccccc2)(c2ccccc2)C(C)(C)C)=C[C@@H](OCOCC[Si](C)(C)C)C[C@H]1C. The molecule has 51 heavy (non-hydrogen) atoms. The third-order valence-electron chi connectivity index (χ3n) is 9.68. The molecule has 3 rings (SSSR count). The molecule has 0 fully saturated rings. The van der Waals surface area contributed by atoms with Gasteiger partial charge in [0.1, 0.15) is 24.6 Å². The fraction of sp³-hybridized carbons (Fsp3) is 0.548. The molecule has 280 valence electrons. The fourth-order valence-electron chi connectivity index (χ4n) is 6.41. The summed E-state index contributed by atoms with van der Waals surface area (Å²) in [6, 6.07) is 22.5. The van der Waals surface area contributed by atoms with Crippen LogP contribution in [0.4, 0.5) is 0 Å². The molecular weight excluding hydrogens is 673 g/mol. The van der Waals surface area contributed by atoms with E-state index in [9.17, 15) is 4.79 Å². The maximum atomic E-state index is 12.9. The Kier molecular flexibility index (Phi) is 16.4. The van der Waals surface area contributed by atoms with Crippen LogP contribution in [-0.2, 0) is 32.9 Å². The predicted molar refractivity (Wildman–Crippen MR) is 212 cm³/mol. The van der Waals surface area contributed by atoms with Gasteiger partial charge in [-0.2, -0.15) is 0 Å². The normalized spacial score (nSPS) is 19.9. The van der Waals surface area contributed by atoms with Gasteiger partial charge in [-0.3, -0.25) is 4.79 Å². The second-order valence-electron chi connectivity index (χ2n) is 15.9. The van der Waals surface area contributed by atoms with Crippen LogP contribution in [0, 0.1) is 23.2 Å². The summed E-state index contributed by atoms with van der Waals surface area (Å²) in [4.78, 5) is 12.9. The van der Waals surface area contributed by atoms with Crippen molar-refractivity contribution in [2.45, 2.75) is 97.6 Å². The summed E-state index contributed by atoms with van der Waals surface area (Å²) in [5, 5.41) is 2.49. The van der Waals surface area contributed by atoms with Gasteiger partial charge < -0.3 is 28.1 Å². The number of unbranched alkanes of at least 4 members (excludes halogenated alkanes) is 1. The van der Waals surface area contributed by atoms with Gasteiger partial charge in [0, 0.05) is 21.1 Å². The third-order valence-corrected chi connectivity index (χ3v) is 16.4. The van der Waals surface area contributed by atoms with Crippen LogP contribution in [-0.4, -0.2) is 69.0 Å². The van der Waals surface area contributed by atoms with E-state index in [1.54, 1.807) is 0 Å². The van der Waals surface area contributed by atoms with Crippen LogP contribution in [0.1, 0.15) is 60.8 Å². The number of esters is 1. The number of rotatable bonds is 18. The Morgan fingerprint density at radius 3 is 2.16 bits per heavy atom. The van der Waals surface area contributed by atoms with Crippen LogP contribution in [0.25, 0.3) is 0 Å². The predicted octanol–water partition coefficient (Wildman–Crippen LogP) is 8.08. The van der Waals surface area contributed by atoms with Gasteiger partial charge in [-0.05, 0) is 60.1 Å². The average molecular weight is 735 g/mol. The lowest BCUT2D eigenvalue weighted by molar-refractivity contribution is -0.160. The summed E-state index contributed by atoms with van der Waals surface area (Å²) in [6.07, 6.45) is 6.04. The van der Waals surface area contributed by atoms with Crippen molar-refractivity contribution in [3.63, 3.8) is 0 Å². The van der Waals surface area contributed by atoms with Crippen molar-refractivity contribution in [1.82, 2.24) is 0 Å². The zero-order valence-electron chi connectivity index (χ0n) is 32.8. The lowest BCUT2D eigenvalue weighted by Gasteiger charge is -2.43. The number of ether oxygens (including phenoxy) is 5. The Morgan fingerprint density at radius 2 is 1.59 bits per heavy atom. The molecule has 1 aliphatic rings. The van der Waals surface area contributed by atoms with E-state index in [1.165, 1.54) is 23.1 Å². The van der Waals surface area contributed by atoms with Gasteiger partial charge in [0.15, 0.2) is 6.79 Å². The van der Waals surface area contributed by atoms with Crippen molar-refractivity contribution < 1.29 is 32.9 Å². The minimum Gasteiger partial charge on any atom is -0.471 e. The number of benzene rings is 2. The molecule has 3 atom stereocenters. The molecule has 7 nitrogen and oxygen atoms in total. The van der Waals surface area contributed by atoms with E-state index in [0.717, 1.165) is 12.5 Å². The van der Waals surface area contributed by atoms with E-state index >= 15 is 0 Å². The quantitative estimate of drug-likeness (QED) is 0.0383. The number of carbonyl (C=O) groups excluding carboxylic acids is 1. The molecule has 0 bridgehead atoms. The Morgan fingerprint density at radius 1 is 0.961 bits per heavy atom. The monoisotopic (exact) mass is 734 g/mol. The molecular formula is C42H62O7Si2. The van der Waals surface area contributed by atoms with E-state index in [1.807, 2.05) is 19.9 Å². The maximum Gasteiger partial charge on any atom is 0.319 e. The largest absolute Gasteiger partial charge is 0.471 e. The zero-order valence-corrected chi connectivity index (χ0v) is 34.8. The highest BCUT2D eigenvalue weighted by Gasteiger charge is 2.50. The minimum atomic E-state index is -2.58. The van der Waals surface area contributed by atoms with Crippen molar-refractivity contribution in [2.75, 3.05) is 40.5 Å². The van der Waals surface area contributed by atoms with Crippen LogP contribution < -0.4 is 10.4 Å². The van der Waals surface area contributed by atoms with E-state index in [4.69, 9.17) is 28.1 Å². The van der Waals surface area contributed by atoms with E-state index in [0.29, 0.717) is 31.8 Å². The van der Waals surface area contributed by atoms with Gasteiger partial charge in [0.05, 0.1) is 19.8 Å². The van der Waals surface area contributed by atoms with Crippen LogP contribution in [0.2, 0.25) is 30.7 Å². The van der Waals surface area contributed by atoms with Gasteiger partial charge in [-0.25, -0.2) is 0 Å². The molecule has 0 saturated heterocycles. The molecule has 0 N–H and O–H groups in total. The van der Waals surface area contributed by atoms with Crippen LogP contribution >= 0.6 is 0 Å². The summed E-state index contributed by atoms with van der Waals surface area (Å²) < 4.78 is 35.7. The highest BCUT2D eigenvalue weighted by molar-refractivity contribution is 6.99. The molecule has 1 aliphatic carbocycles. The van der Waals surface area contributed by atoms with Crippen molar-refractivity contribution in [3.05, 3.63) is 84.1 Å². The molecule has 0 unspecified atom stereocenters. The number of hydrogen-bond acceptors (Lipinski definition) is 7. The Balaban J connectivity index is 1.51. The summed E-state index contributed by atoms with van der Waals surface area (Å²) >= 11 is 0. The van der Waals surface area contributed by atoms with Crippen LogP contribution in [0.5, 0.6) is 0 Å². The average Bonchev–Trinajstić information content (AvgIpc) is 3.09. The Bertz CT molecular complexity index is 1440. The van der Waals surface area contributed by atoms with Gasteiger partial charge in [-0.15, -0.1) is 5.92 Å². The van der Waals surface area contributed by atoms with E-state index < -0.39 is 21.8 Å². The fourth-order valence-corrected chi connectivity index (χ4v) is 11.8. The summed E-state index contributed by atoms with van der Waals surface area (Å²) in [5.41, 5.74) is 0.256. The standard InChI is InChI=1S/C42H62O7Si2/c1-34(31-49-51(41(3,4)5,37-22-16-13-17-23-37)38-24-18-14-19-25-38)21-15-11-12-20-26-45-33-48-39-30-36(47-32-46-27-28-50(8,9)10)29-35(2)42(39,6)40(43)44-7/h13-14,16-19,21-25,30,35-36H,11,15,26-29,31-33H2,1-10H3/b34-21+/t35-,36+,42+/m1/s1. The lowest BCUT2D eigenvalue weighted by Crippen LogP contribution is -2.66. The van der Waals surface area contributed by atoms with Crippen LogP contribution in [0.15, 0.2) is 84.1 Å². The summed E-state index contributed by atoms with van der Waals surface area (Å²) in [7, 11) is -2.34. The molecule has 0 aromatic heterocycles. The number of hydrogen-bond donors (Lipinski definition) is 0. The number of allylic oxidation sites excluding steroid dienone is 1.